The van der Waals surface area contributed by atoms with E-state index < -0.39 is 35.9 Å². The van der Waals surface area contributed by atoms with Crippen LogP contribution in [0.2, 0.25) is 0 Å². The van der Waals surface area contributed by atoms with Crippen LogP contribution in [0, 0.1) is 11.8 Å². The predicted octanol–water partition coefficient (Wildman–Crippen LogP) is 2.93. The minimum atomic E-state index is -1.42. The van der Waals surface area contributed by atoms with Crippen molar-refractivity contribution in [3.63, 3.8) is 0 Å². The van der Waals surface area contributed by atoms with Gasteiger partial charge in [-0.1, -0.05) is 38.2 Å². The summed E-state index contributed by atoms with van der Waals surface area (Å²) in [6, 6.07) is 0. The fourth-order valence-electron chi connectivity index (χ4n) is 4.22. The minimum Gasteiger partial charge on any atom is -0.457 e. The molecule has 0 aromatic carbocycles. The number of rotatable bonds is 6. The highest BCUT2D eigenvalue weighted by Gasteiger charge is 2.35. The molecule has 0 aromatic heterocycles. The van der Waals surface area contributed by atoms with Crippen LogP contribution in [-0.4, -0.2) is 90.0 Å². The number of carbonyl (C=O) groups is 3. The zero-order valence-corrected chi connectivity index (χ0v) is 23.1. The van der Waals surface area contributed by atoms with Gasteiger partial charge in [0.15, 0.2) is 0 Å². The van der Waals surface area contributed by atoms with Crippen LogP contribution in [0.5, 0.6) is 0 Å². The zero-order chi connectivity index (χ0) is 28.3. The molecule has 6 atom stereocenters. The van der Waals surface area contributed by atoms with Gasteiger partial charge in [-0.3, -0.25) is 9.59 Å². The molecule has 2 N–H and O–H groups in total. The molecule has 10 heteroatoms. The van der Waals surface area contributed by atoms with Crippen molar-refractivity contribution in [2.45, 2.75) is 77.8 Å². The smallest absolute Gasteiger partial charge is 0.409 e. The van der Waals surface area contributed by atoms with E-state index >= 15 is 0 Å². The predicted molar refractivity (Wildman–Crippen MR) is 140 cm³/mol. The second-order valence-corrected chi connectivity index (χ2v) is 10.4. The summed E-state index contributed by atoms with van der Waals surface area (Å²) < 4.78 is 21.7. The van der Waals surface area contributed by atoms with Crippen molar-refractivity contribution >= 4 is 18.0 Å². The summed E-state index contributed by atoms with van der Waals surface area (Å²) in [5.74, 6) is -1.43. The van der Waals surface area contributed by atoms with Crippen molar-refractivity contribution in [2.75, 3.05) is 32.9 Å². The first-order chi connectivity index (χ1) is 17.9. The number of aliphatic hydroxyl groups is 2. The molecule has 2 rings (SSSR count). The van der Waals surface area contributed by atoms with Gasteiger partial charge in [0.05, 0.1) is 32.3 Å². The number of amides is 1. The van der Waals surface area contributed by atoms with Gasteiger partial charge in [0.1, 0.15) is 17.8 Å². The number of esters is 2. The molecular formula is C28H43NO9. The van der Waals surface area contributed by atoms with E-state index in [0.717, 1.165) is 5.57 Å². The van der Waals surface area contributed by atoms with Crippen LogP contribution in [0.3, 0.4) is 0 Å². The average Bonchev–Trinajstić information content (AvgIpc) is 2.86. The largest absolute Gasteiger partial charge is 0.457 e. The molecule has 0 saturated carbocycles. The lowest BCUT2D eigenvalue weighted by Gasteiger charge is -2.32. The van der Waals surface area contributed by atoms with Gasteiger partial charge in [-0.2, -0.15) is 0 Å². The lowest BCUT2D eigenvalue weighted by Crippen LogP contribution is -2.42. The maximum Gasteiger partial charge on any atom is 0.409 e. The van der Waals surface area contributed by atoms with Crippen molar-refractivity contribution in [1.82, 2.24) is 4.90 Å². The Balaban J connectivity index is 2.10. The highest BCUT2D eigenvalue weighted by Crippen LogP contribution is 2.27. The molecule has 0 radical (unpaired) electrons. The van der Waals surface area contributed by atoms with Gasteiger partial charge in [0, 0.05) is 31.8 Å². The van der Waals surface area contributed by atoms with Gasteiger partial charge in [-0.25, -0.2) is 4.79 Å². The monoisotopic (exact) mass is 537 g/mol. The average molecular weight is 538 g/mol. The molecule has 0 spiro atoms. The fourth-order valence-corrected chi connectivity index (χ4v) is 4.22. The van der Waals surface area contributed by atoms with Crippen LogP contribution in [0.4, 0.5) is 4.79 Å². The first kappa shape index (κ1) is 31.5. The third-order valence-electron chi connectivity index (χ3n) is 6.60. The molecule has 2 heterocycles. The molecular weight excluding hydrogens is 494 g/mol. The molecule has 38 heavy (non-hydrogen) atoms. The van der Waals surface area contributed by atoms with Crippen LogP contribution >= 0.6 is 0 Å². The summed E-state index contributed by atoms with van der Waals surface area (Å²) in [5.41, 5.74) is -0.664. The van der Waals surface area contributed by atoms with Crippen LogP contribution in [0.1, 0.15) is 53.9 Å². The molecule has 1 amide bonds. The Kier molecular flexibility index (Phi) is 12.5. The Bertz CT molecular complexity index is 889. The normalized spacial score (nSPS) is 31.5. The number of hydrogen-bond acceptors (Lipinski definition) is 9. The van der Waals surface area contributed by atoms with Gasteiger partial charge < -0.3 is 34.1 Å². The van der Waals surface area contributed by atoms with Crippen molar-refractivity contribution in [2.24, 2.45) is 11.8 Å². The second-order valence-electron chi connectivity index (χ2n) is 10.4. The summed E-state index contributed by atoms with van der Waals surface area (Å²) >= 11 is 0. The van der Waals surface area contributed by atoms with Crippen LogP contribution in [0.25, 0.3) is 0 Å². The SMILES string of the molecule is CC(=O)O[C@H]1/C=C/[C@H](C)[C@@H](/C(C)=C/C=C/[C@@H](C)COC(=O)N2CCOCC2)OC(=O)C[C@H](O)CC[C@@]1(C)O. The molecule has 2 aliphatic rings. The third-order valence-corrected chi connectivity index (χ3v) is 6.60. The molecule has 0 bridgehead atoms. The van der Waals surface area contributed by atoms with Gasteiger partial charge in [-0.15, -0.1) is 0 Å². The summed E-state index contributed by atoms with van der Waals surface area (Å²) in [4.78, 5) is 38.0. The molecule has 0 unspecified atom stereocenters. The van der Waals surface area contributed by atoms with Crippen LogP contribution < -0.4 is 0 Å². The highest BCUT2D eigenvalue weighted by molar-refractivity contribution is 5.70. The summed E-state index contributed by atoms with van der Waals surface area (Å²) in [6.45, 7) is 10.7. The lowest BCUT2D eigenvalue weighted by atomic mass is 9.88. The van der Waals surface area contributed by atoms with Crippen LogP contribution in [0.15, 0.2) is 36.0 Å². The quantitative estimate of drug-likeness (QED) is 0.227. The topological polar surface area (TPSA) is 132 Å². The molecule has 0 aromatic rings. The van der Waals surface area contributed by atoms with E-state index in [0.29, 0.717) is 26.3 Å². The Morgan fingerprint density at radius 3 is 2.61 bits per heavy atom. The Labute approximate surface area is 225 Å². The van der Waals surface area contributed by atoms with Crippen molar-refractivity contribution < 1.29 is 43.5 Å². The molecule has 2 aliphatic heterocycles. The second kappa shape index (κ2) is 15.0. The van der Waals surface area contributed by atoms with Gasteiger partial charge >= 0.3 is 18.0 Å². The Morgan fingerprint density at radius 1 is 1.26 bits per heavy atom. The summed E-state index contributed by atoms with van der Waals surface area (Å²) in [5, 5.41) is 21.2. The van der Waals surface area contributed by atoms with E-state index in [9.17, 15) is 24.6 Å². The first-order valence-corrected chi connectivity index (χ1v) is 13.2. The number of allylic oxidation sites excluding steroid dienone is 2. The highest BCUT2D eigenvalue weighted by atomic mass is 16.6. The summed E-state index contributed by atoms with van der Waals surface area (Å²) in [6.07, 6.45) is 6.04. The molecule has 10 nitrogen and oxygen atoms in total. The standard InChI is InChI=1S/C28H43NO9/c1-19(18-36-27(33)29-13-15-35-16-14-29)7-6-8-20(2)26-21(3)9-10-24(37-22(4)30)28(5,34)12-11-23(31)17-25(32)38-26/h6-10,19,21,23-24,26,31,34H,11-18H2,1-5H3/b7-6+,10-9+,20-8+/t19-,21+,23-,24+,26-,28-/m1/s1. The van der Waals surface area contributed by atoms with E-state index in [4.69, 9.17) is 18.9 Å². The maximum absolute atomic E-state index is 12.6. The van der Waals surface area contributed by atoms with Crippen LogP contribution in [-0.2, 0) is 28.5 Å². The fraction of sp³-hybridized carbons (Fsp3) is 0.679. The first-order valence-electron chi connectivity index (χ1n) is 13.2. The number of ether oxygens (including phenoxy) is 4. The number of morpholine rings is 1. The van der Waals surface area contributed by atoms with Crippen molar-refractivity contribution in [3.8, 4) is 0 Å². The van der Waals surface area contributed by atoms with Gasteiger partial charge in [-0.05, 0) is 38.3 Å². The summed E-state index contributed by atoms with van der Waals surface area (Å²) in [7, 11) is 0. The maximum atomic E-state index is 12.6. The number of carbonyl (C=O) groups excluding carboxylic acids is 3. The number of hydrogen-bond donors (Lipinski definition) is 2. The van der Waals surface area contributed by atoms with E-state index in [1.165, 1.54) is 6.92 Å². The molecule has 214 valence electrons. The van der Waals surface area contributed by atoms with E-state index in [-0.39, 0.29) is 43.8 Å². The third kappa shape index (κ3) is 10.6. The number of nitrogens with zero attached hydrogens (tertiary/aromatic N) is 1. The number of aliphatic hydroxyl groups excluding tert-OH is 1. The molecule has 1 saturated heterocycles. The van der Waals surface area contributed by atoms with E-state index in [1.54, 1.807) is 24.0 Å². The minimum absolute atomic E-state index is 0.0397. The lowest BCUT2D eigenvalue weighted by molar-refractivity contribution is -0.157. The van der Waals surface area contributed by atoms with Crippen molar-refractivity contribution in [3.05, 3.63) is 36.0 Å². The zero-order valence-electron chi connectivity index (χ0n) is 23.1. The van der Waals surface area contributed by atoms with E-state index in [1.807, 2.05) is 39.0 Å². The Morgan fingerprint density at radius 2 is 1.95 bits per heavy atom. The Hall–Kier alpha value is -2.69. The number of cyclic esters (lactones) is 1. The molecule has 1 fully saturated rings. The van der Waals surface area contributed by atoms with E-state index in [2.05, 4.69) is 0 Å². The van der Waals surface area contributed by atoms with Crippen molar-refractivity contribution in [1.29, 1.82) is 0 Å². The molecule has 0 aliphatic carbocycles. The van der Waals surface area contributed by atoms with Gasteiger partial charge in [0.2, 0.25) is 0 Å². The van der Waals surface area contributed by atoms with Gasteiger partial charge in [0.25, 0.3) is 0 Å².